The predicted molar refractivity (Wildman–Crippen MR) is 140 cm³/mol. The van der Waals surface area contributed by atoms with E-state index in [-0.39, 0.29) is 18.3 Å². The topological polar surface area (TPSA) is 204 Å². The summed E-state index contributed by atoms with van der Waals surface area (Å²) in [7, 11) is 0. The number of hydrogen-bond acceptors (Lipinski definition) is 6. The Balaban J connectivity index is 2.21. The first kappa shape index (κ1) is 30.3. The first-order valence-electron chi connectivity index (χ1n) is 12.5. The number of amides is 3. The minimum atomic E-state index is -1.58. The van der Waals surface area contributed by atoms with Gasteiger partial charge in [0.05, 0.1) is 12.5 Å². The molecular formula is C26H37N5O7. The normalized spacial score (nSPS) is 15.2. The fourth-order valence-electron chi connectivity index (χ4n) is 3.89. The van der Waals surface area contributed by atoms with E-state index < -0.39 is 60.2 Å². The van der Waals surface area contributed by atoms with Crippen molar-refractivity contribution in [3.05, 3.63) is 36.0 Å². The minimum Gasteiger partial charge on any atom is -0.481 e. The number of fused-ring (bicyclic) bond motifs is 1. The molecule has 2 aromatic rings. The lowest BCUT2D eigenvalue weighted by atomic mass is 9.96. The van der Waals surface area contributed by atoms with Gasteiger partial charge in [0, 0.05) is 23.5 Å². The molecule has 12 heteroatoms. The number of nitrogens with two attached hydrogens (primary N) is 1. The molecule has 5 atom stereocenters. The van der Waals surface area contributed by atoms with Crippen LogP contribution < -0.4 is 21.7 Å². The monoisotopic (exact) mass is 531 g/mol. The van der Waals surface area contributed by atoms with E-state index in [1.165, 1.54) is 0 Å². The van der Waals surface area contributed by atoms with Crippen molar-refractivity contribution in [2.24, 2.45) is 17.6 Å². The van der Waals surface area contributed by atoms with Crippen molar-refractivity contribution in [2.45, 2.75) is 71.1 Å². The maximum absolute atomic E-state index is 13.1. The van der Waals surface area contributed by atoms with Gasteiger partial charge in [0.1, 0.15) is 18.1 Å². The molecule has 1 aromatic heterocycles. The van der Waals surface area contributed by atoms with Crippen LogP contribution in [-0.4, -0.2) is 69.0 Å². The smallest absolute Gasteiger partial charge is 0.326 e. The van der Waals surface area contributed by atoms with Crippen molar-refractivity contribution in [1.82, 2.24) is 20.9 Å². The Labute approximate surface area is 220 Å². The number of H-pyrrole nitrogens is 1. The van der Waals surface area contributed by atoms with Crippen LogP contribution in [0.25, 0.3) is 10.9 Å². The second-order valence-electron chi connectivity index (χ2n) is 9.76. The van der Waals surface area contributed by atoms with Gasteiger partial charge in [-0.2, -0.15) is 0 Å². The highest BCUT2D eigenvalue weighted by atomic mass is 16.4. The van der Waals surface area contributed by atoms with E-state index in [9.17, 15) is 34.2 Å². The second kappa shape index (κ2) is 13.6. The average molecular weight is 532 g/mol. The molecule has 0 bridgehead atoms. The molecule has 0 saturated heterocycles. The summed E-state index contributed by atoms with van der Waals surface area (Å²) in [6, 6.07) is 2.35. The molecular weight excluding hydrogens is 494 g/mol. The highest BCUT2D eigenvalue weighted by molar-refractivity contribution is 5.96. The van der Waals surface area contributed by atoms with E-state index in [2.05, 4.69) is 20.9 Å². The van der Waals surface area contributed by atoms with Gasteiger partial charge < -0.3 is 36.9 Å². The summed E-state index contributed by atoms with van der Waals surface area (Å²) in [5, 5.41) is 27.2. The Kier molecular flexibility index (Phi) is 10.8. The van der Waals surface area contributed by atoms with Crippen LogP contribution in [0.3, 0.4) is 0 Å². The van der Waals surface area contributed by atoms with Crippen LogP contribution in [0, 0.1) is 11.8 Å². The maximum atomic E-state index is 13.1. The number of rotatable bonds is 14. The summed E-state index contributed by atoms with van der Waals surface area (Å²) in [5.41, 5.74) is 7.34. The number of aromatic nitrogens is 1. The van der Waals surface area contributed by atoms with E-state index >= 15 is 0 Å². The Morgan fingerprint density at radius 1 is 0.921 bits per heavy atom. The number of aliphatic carboxylic acids is 2. The first-order chi connectivity index (χ1) is 17.8. The van der Waals surface area contributed by atoms with Gasteiger partial charge in [-0.15, -0.1) is 0 Å². The lowest BCUT2D eigenvalue weighted by molar-refractivity contribution is -0.143. The molecule has 1 heterocycles. The van der Waals surface area contributed by atoms with Gasteiger partial charge in [-0.1, -0.05) is 52.3 Å². The third-order valence-electron chi connectivity index (χ3n) is 6.54. The standard InChI is InChI=1S/C26H37N5O7/c1-5-14(4)22(31-24(35)21(27)13(2)3)25(36)29-18(11-20(32)33)23(34)30-19(26(37)38)10-15-12-28-17-9-7-6-8-16(15)17/h6-9,12-14,18-19,21-22,28H,5,10-11,27H2,1-4H3,(H,29,36)(H,30,34)(H,31,35)(H,32,33)(H,37,38). The van der Waals surface area contributed by atoms with E-state index in [0.717, 1.165) is 10.9 Å². The summed E-state index contributed by atoms with van der Waals surface area (Å²) in [5.74, 6) is -5.54. The number of carbonyl (C=O) groups is 5. The molecule has 12 nitrogen and oxygen atoms in total. The third-order valence-corrected chi connectivity index (χ3v) is 6.54. The number of aromatic amines is 1. The van der Waals surface area contributed by atoms with Crippen LogP contribution >= 0.6 is 0 Å². The fourth-order valence-corrected chi connectivity index (χ4v) is 3.89. The summed E-state index contributed by atoms with van der Waals surface area (Å²) >= 11 is 0. The quantitative estimate of drug-likeness (QED) is 0.185. The van der Waals surface area contributed by atoms with E-state index in [1.54, 1.807) is 33.0 Å². The predicted octanol–water partition coefficient (Wildman–Crippen LogP) is 0.754. The molecule has 0 radical (unpaired) electrons. The van der Waals surface area contributed by atoms with Crippen molar-refractivity contribution in [2.75, 3.05) is 0 Å². The number of carbonyl (C=O) groups excluding carboxylic acids is 3. The van der Waals surface area contributed by atoms with Gasteiger partial charge in [-0.3, -0.25) is 19.2 Å². The van der Waals surface area contributed by atoms with Gasteiger partial charge >= 0.3 is 11.9 Å². The van der Waals surface area contributed by atoms with Crippen molar-refractivity contribution in [3.63, 3.8) is 0 Å². The van der Waals surface area contributed by atoms with E-state index in [4.69, 9.17) is 5.73 Å². The largest absolute Gasteiger partial charge is 0.481 e. The number of para-hydroxylation sites is 1. The molecule has 0 aliphatic heterocycles. The number of carboxylic acids is 2. The molecule has 0 aliphatic rings. The Morgan fingerprint density at radius 3 is 2.13 bits per heavy atom. The van der Waals surface area contributed by atoms with Crippen molar-refractivity contribution in [3.8, 4) is 0 Å². The molecule has 208 valence electrons. The molecule has 3 amide bonds. The van der Waals surface area contributed by atoms with Crippen LogP contribution in [0.1, 0.15) is 46.1 Å². The van der Waals surface area contributed by atoms with Crippen molar-refractivity contribution >= 4 is 40.6 Å². The molecule has 0 fully saturated rings. The third kappa shape index (κ3) is 8.04. The zero-order valence-electron chi connectivity index (χ0n) is 22.0. The van der Waals surface area contributed by atoms with Crippen LogP contribution in [0.5, 0.6) is 0 Å². The Morgan fingerprint density at radius 2 is 1.55 bits per heavy atom. The summed E-state index contributed by atoms with van der Waals surface area (Å²) in [4.78, 5) is 65.2. The lowest BCUT2D eigenvalue weighted by Gasteiger charge is -2.28. The molecule has 2 rings (SSSR count). The second-order valence-corrected chi connectivity index (χ2v) is 9.76. The lowest BCUT2D eigenvalue weighted by Crippen LogP contribution is -2.59. The van der Waals surface area contributed by atoms with Gasteiger partial charge in [0.25, 0.3) is 0 Å². The summed E-state index contributed by atoms with van der Waals surface area (Å²) < 4.78 is 0. The van der Waals surface area contributed by atoms with Crippen LogP contribution in [-0.2, 0) is 30.4 Å². The SMILES string of the molecule is CCC(C)C(NC(=O)C(N)C(C)C)C(=O)NC(CC(=O)O)C(=O)NC(Cc1c[nH]c2ccccc12)C(=O)O. The highest BCUT2D eigenvalue weighted by Gasteiger charge is 2.34. The fraction of sp³-hybridized carbons (Fsp3) is 0.500. The van der Waals surface area contributed by atoms with E-state index in [0.29, 0.717) is 12.0 Å². The molecule has 38 heavy (non-hydrogen) atoms. The summed E-state index contributed by atoms with van der Waals surface area (Å²) in [6.07, 6.45) is 1.28. The minimum absolute atomic E-state index is 0.0720. The molecule has 8 N–H and O–H groups in total. The van der Waals surface area contributed by atoms with Crippen molar-refractivity contribution in [1.29, 1.82) is 0 Å². The van der Waals surface area contributed by atoms with Gasteiger partial charge in [0.15, 0.2) is 0 Å². The number of carboxylic acid groups (broad SMARTS) is 2. The number of nitrogens with one attached hydrogen (secondary N) is 4. The van der Waals surface area contributed by atoms with Crippen LogP contribution in [0.15, 0.2) is 30.5 Å². The maximum Gasteiger partial charge on any atom is 0.326 e. The van der Waals surface area contributed by atoms with Gasteiger partial charge in [0.2, 0.25) is 17.7 Å². The molecule has 5 unspecified atom stereocenters. The molecule has 0 aliphatic carbocycles. The van der Waals surface area contributed by atoms with Gasteiger partial charge in [-0.25, -0.2) is 4.79 Å². The highest BCUT2D eigenvalue weighted by Crippen LogP contribution is 2.19. The first-order valence-corrected chi connectivity index (χ1v) is 12.5. The number of benzene rings is 1. The number of hydrogen-bond donors (Lipinski definition) is 7. The Hall–Kier alpha value is -3.93. The zero-order valence-corrected chi connectivity index (χ0v) is 22.0. The van der Waals surface area contributed by atoms with Crippen LogP contribution in [0.4, 0.5) is 0 Å². The summed E-state index contributed by atoms with van der Waals surface area (Å²) in [6.45, 7) is 7.04. The van der Waals surface area contributed by atoms with Gasteiger partial charge in [-0.05, 0) is 23.5 Å². The molecule has 0 saturated carbocycles. The Bertz CT molecular complexity index is 1160. The average Bonchev–Trinajstić information content (AvgIpc) is 3.27. The van der Waals surface area contributed by atoms with E-state index in [1.807, 2.05) is 25.1 Å². The molecule has 0 spiro atoms. The van der Waals surface area contributed by atoms with Crippen LogP contribution in [0.2, 0.25) is 0 Å². The molecule has 1 aromatic carbocycles. The van der Waals surface area contributed by atoms with Crippen molar-refractivity contribution < 1.29 is 34.2 Å². The zero-order chi connectivity index (χ0) is 28.6.